The highest BCUT2D eigenvalue weighted by atomic mass is 32.2. The van der Waals surface area contributed by atoms with Gasteiger partial charge in [0.15, 0.2) is 9.84 Å². The van der Waals surface area contributed by atoms with Crippen molar-refractivity contribution in [3.05, 3.63) is 33.9 Å². The number of benzene rings is 1. The number of nitro benzene ring substituents is 1. The zero-order chi connectivity index (χ0) is 16.5. The molecule has 22 heavy (non-hydrogen) atoms. The molecule has 120 valence electrons. The Kier molecular flexibility index (Phi) is 4.36. The van der Waals surface area contributed by atoms with Crippen LogP contribution in [0.3, 0.4) is 0 Å². The summed E-state index contributed by atoms with van der Waals surface area (Å²) >= 11 is 0. The second-order valence-electron chi connectivity index (χ2n) is 5.21. The number of hydrogen-bond donors (Lipinski definition) is 1. The summed E-state index contributed by atoms with van der Waals surface area (Å²) in [6.07, 6.45) is 0.390. The molecule has 0 bridgehead atoms. The van der Waals surface area contributed by atoms with Crippen LogP contribution < -0.4 is 5.32 Å². The Bertz CT molecular complexity index is 716. The first-order chi connectivity index (χ1) is 10.2. The number of nitrogens with one attached hydrogen (secondary N) is 1. The van der Waals surface area contributed by atoms with Crippen LogP contribution in [0, 0.1) is 10.1 Å². The van der Waals surface area contributed by atoms with E-state index in [-0.39, 0.29) is 28.8 Å². The van der Waals surface area contributed by atoms with E-state index in [4.69, 9.17) is 0 Å². The summed E-state index contributed by atoms with van der Waals surface area (Å²) in [5.41, 5.74) is 0.283. The molecule has 1 unspecified atom stereocenters. The maximum atomic E-state index is 12.4. The van der Waals surface area contributed by atoms with E-state index in [2.05, 4.69) is 5.32 Å². The van der Waals surface area contributed by atoms with E-state index in [1.807, 2.05) is 0 Å². The Labute approximate surface area is 128 Å². The number of rotatable bonds is 4. The average molecular weight is 327 g/mol. The summed E-state index contributed by atoms with van der Waals surface area (Å²) < 4.78 is 23.0. The Morgan fingerprint density at radius 1 is 1.45 bits per heavy atom. The molecule has 1 aliphatic rings. The van der Waals surface area contributed by atoms with Crippen molar-refractivity contribution in [1.82, 2.24) is 4.90 Å². The number of nitro groups is 1. The minimum absolute atomic E-state index is 0.0636. The molecule has 8 nitrogen and oxygen atoms in total. The van der Waals surface area contributed by atoms with Crippen LogP contribution >= 0.6 is 0 Å². The van der Waals surface area contributed by atoms with Crippen molar-refractivity contribution in [3.8, 4) is 0 Å². The lowest BCUT2D eigenvalue weighted by atomic mass is 10.1. The molecule has 1 N–H and O–H groups in total. The van der Waals surface area contributed by atoms with Gasteiger partial charge in [-0.3, -0.25) is 14.9 Å². The third kappa shape index (κ3) is 3.19. The molecule has 0 saturated carbocycles. The minimum atomic E-state index is -3.10. The molecule has 1 aromatic carbocycles. The first-order valence-corrected chi connectivity index (χ1v) is 8.51. The fourth-order valence-corrected chi connectivity index (χ4v) is 4.25. The van der Waals surface area contributed by atoms with E-state index < -0.39 is 20.7 Å². The van der Waals surface area contributed by atoms with Gasteiger partial charge in [0.25, 0.3) is 11.6 Å². The molecule has 0 radical (unpaired) electrons. The number of carbonyl (C=O) groups excluding carboxylic acids is 1. The SMILES string of the molecule is CNc1ccc(C(=O)N(C)C2CCS(=O)(=O)C2)cc1[N+](=O)[O-]. The molecular formula is C13H17N3O5S. The second kappa shape index (κ2) is 5.91. The van der Waals surface area contributed by atoms with Crippen molar-refractivity contribution >= 4 is 27.1 Å². The van der Waals surface area contributed by atoms with Crippen LogP contribution in [-0.4, -0.2) is 55.8 Å². The number of hydrogen-bond acceptors (Lipinski definition) is 6. The molecule has 1 atom stereocenters. The monoisotopic (exact) mass is 327 g/mol. The summed E-state index contributed by atoms with van der Waals surface area (Å²) in [4.78, 5) is 24.2. The fourth-order valence-electron chi connectivity index (χ4n) is 2.48. The lowest BCUT2D eigenvalue weighted by Gasteiger charge is -2.23. The molecule has 0 spiro atoms. The first kappa shape index (κ1) is 16.2. The molecule has 9 heteroatoms. The molecule has 1 aliphatic heterocycles. The highest BCUT2D eigenvalue weighted by Gasteiger charge is 2.33. The summed E-state index contributed by atoms with van der Waals surface area (Å²) in [5, 5.41) is 13.7. The van der Waals surface area contributed by atoms with Crippen LogP contribution in [0.15, 0.2) is 18.2 Å². The van der Waals surface area contributed by atoms with E-state index >= 15 is 0 Å². The lowest BCUT2D eigenvalue weighted by molar-refractivity contribution is -0.384. The van der Waals surface area contributed by atoms with Crippen molar-refractivity contribution in [1.29, 1.82) is 0 Å². The third-order valence-electron chi connectivity index (χ3n) is 3.79. The zero-order valence-corrected chi connectivity index (χ0v) is 13.1. The van der Waals surface area contributed by atoms with Crippen LogP contribution in [0.5, 0.6) is 0 Å². The number of sulfone groups is 1. The maximum Gasteiger partial charge on any atom is 0.293 e. The normalized spacial score (nSPS) is 19.6. The predicted molar refractivity (Wildman–Crippen MR) is 81.8 cm³/mol. The Hall–Kier alpha value is -2.16. The van der Waals surface area contributed by atoms with Gasteiger partial charge in [-0.05, 0) is 18.6 Å². The average Bonchev–Trinajstić information content (AvgIpc) is 2.85. The Morgan fingerprint density at radius 2 is 2.14 bits per heavy atom. The van der Waals surface area contributed by atoms with Gasteiger partial charge in [0, 0.05) is 31.8 Å². The summed E-state index contributed by atoms with van der Waals surface area (Å²) in [7, 11) is -0.0262. The Balaban J connectivity index is 2.26. The molecule has 1 saturated heterocycles. The van der Waals surface area contributed by atoms with Gasteiger partial charge in [-0.15, -0.1) is 0 Å². The van der Waals surface area contributed by atoms with Gasteiger partial charge >= 0.3 is 0 Å². The van der Waals surface area contributed by atoms with Gasteiger partial charge in [-0.1, -0.05) is 0 Å². The highest BCUT2D eigenvalue weighted by Crippen LogP contribution is 2.26. The van der Waals surface area contributed by atoms with E-state index in [0.29, 0.717) is 12.1 Å². The van der Waals surface area contributed by atoms with Gasteiger partial charge in [0.2, 0.25) is 0 Å². The summed E-state index contributed by atoms with van der Waals surface area (Å²) in [6.45, 7) is 0. The number of carbonyl (C=O) groups is 1. The quantitative estimate of drug-likeness (QED) is 0.650. The third-order valence-corrected chi connectivity index (χ3v) is 5.54. The van der Waals surface area contributed by atoms with Gasteiger partial charge in [0.1, 0.15) is 5.69 Å². The molecule has 1 aromatic rings. The zero-order valence-electron chi connectivity index (χ0n) is 12.3. The van der Waals surface area contributed by atoms with Gasteiger partial charge < -0.3 is 10.2 Å². The number of nitrogens with zero attached hydrogens (tertiary/aromatic N) is 2. The predicted octanol–water partition coefficient (Wildman–Crippen LogP) is 0.896. The molecule has 1 heterocycles. The van der Waals surface area contributed by atoms with Crippen molar-refractivity contribution in [3.63, 3.8) is 0 Å². The molecular weight excluding hydrogens is 310 g/mol. The van der Waals surface area contributed by atoms with Gasteiger partial charge in [0.05, 0.1) is 16.4 Å². The van der Waals surface area contributed by atoms with Crippen molar-refractivity contribution < 1.29 is 18.1 Å². The van der Waals surface area contributed by atoms with Crippen LogP contribution in [0.25, 0.3) is 0 Å². The van der Waals surface area contributed by atoms with E-state index in [1.54, 1.807) is 7.05 Å². The van der Waals surface area contributed by atoms with E-state index in [1.165, 1.54) is 30.1 Å². The van der Waals surface area contributed by atoms with Crippen LogP contribution in [-0.2, 0) is 9.84 Å². The van der Waals surface area contributed by atoms with Crippen LogP contribution in [0.2, 0.25) is 0 Å². The van der Waals surface area contributed by atoms with Crippen LogP contribution in [0.4, 0.5) is 11.4 Å². The molecule has 2 rings (SSSR count). The highest BCUT2D eigenvalue weighted by molar-refractivity contribution is 7.91. The van der Waals surface area contributed by atoms with Crippen LogP contribution in [0.1, 0.15) is 16.8 Å². The molecule has 1 amide bonds. The minimum Gasteiger partial charge on any atom is -0.383 e. The molecule has 1 fully saturated rings. The van der Waals surface area contributed by atoms with Crippen molar-refractivity contribution in [2.45, 2.75) is 12.5 Å². The topological polar surface area (TPSA) is 110 Å². The summed E-state index contributed by atoms with van der Waals surface area (Å²) in [6, 6.07) is 3.76. The maximum absolute atomic E-state index is 12.4. The Morgan fingerprint density at radius 3 is 2.64 bits per heavy atom. The molecule has 0 aliphatic carbocycles. The summed E-state index contributed by atoms with van der Waals surface area (Å²) in [5.74, 6) is -0.423. The number of amides is 1. The lowest BCUT2D eigenvalue weighted by Crippen LogP contribution is -2.37. The molecule has 0 aromatic heterocycles. The standard InChI is InChI=1S/C13H17N3O5S/c1-14-11-4-3-9(7-12(11)16(18)19)13(17)15(2)10-5-6-22(20,21)8-10/h3-4,7,10,14H,5-6,8H2,1-2H3. The van der Waals surface area contributed by atoms with Crippen molar-refractivity contribution in [2.75, 3.05) is 30.9 Å². The van der Waals surface area contributed by atoms with E-state index in [0.717, 1.165) is 0 Å². The first-order valence-electron chi connectivity index (χ1n) is 6.69. The van der Waals surface area contributed by atoms with E-state index in [9.17, 15) is 23.3 Å². The number of anilines is 1. The van der Waals surface area contributed by atoms with Crippen molar-refractivity contribution in [2.24, 2.45) is 0 Å². The largest absolute Gasteiger partial charge is 0.383 e. The second-order valence-corrected chi connectivity index (χ2v) is 7.44. The van der Waals surface area contributed by atoms with Gasteiger partial charge in [-0.25, -0.2) is 8.42 Å². The smallest absolute Gasteiger partial charge is 0.293 e. The van der Waals surface area contributed by atoms with Gasteiger partial charge in [-0.2, -0.15) is 0 Å². The fraction of sp³-hybridized carbons (Fsp3) is 0.462.